The first kappa shape index (κ1) is 23.8. The maximum Gasteiger partial charge on any atom is 0.417 e. The highest BCUT2D eigenvalue weighted by Gasteiger charge is 2.43. The van der Waals surface area contributed by atoms with Crippen LogP contribution >= 0.6 is 11.6 Å². The Morgan fingerprint density at radius 2 is 2.03 bits per heavy atom. The molecule has 1 aromatic heterocycles. The number of imidazole rings is 1. The molecule has 1 fully saturated rings. The van der Waals surface area contributed by atoms with Gasteiger partial charge in [-0.05, 0) is 63.0 Å². The molecule has 1 N–H and O–H groups in total. The van der Waals surface area contributed by atoms with Crippen molar-refractivity contribution >= 4 is 22.6 Å². The van der Waals surface area contributed by atoms with Crippen LogP contribution in [0.5, 0.6) is 5.75 Å². The van der Waals surface area contributed by atoms with Gasteiger partial charge in [-0.15, -0.1) is 0 Å². The molecule has 2 heterocycles. The van der Waals surface area contributed by atoms with Gasteiger partial charge in [0, 0.05) is 23.7 Å². The first-order valence-corrected chi connectivity index (χ1v) is 12.0. The van der Waals surface area contributed by atoms with Gasteiger partial charge in [0.1, 0.15) is 11.6 Å². The van der Waals surface area contributed by atoms with Crippen molar-refractivity contribution in [1.29, 1.82) is 0 Å². The third-order valence-corrected chi connectivity index (χ3v) is 7.47. The molecule has 0 bridgehead atoms. The van der Waals surface area contributed by atoms with E-state index in [4.69, 9.17) is 16.3 Å². The number of nitrogens with zero attached hydrogens (tertiary/aromatic N) is 2. The van der Waals surface area contributed by atoms with Gasteiger partial charge >= 0.3 is 6.18 Å². The SMILES string of the molecule is COc1ccccc1C1[C]=C(N2CCC[C@@]2(C)c2nc3cc(C(F)(F)F)c(Cl)cc3[nH]2)C(C)=CC1. The predicted octanol–water partition coefficient (Wildman–Crippen LogP) is 7.38. The fraction of sp³-hybridized carbons (Fsp3) is 0.370. The van der Waals surface area contributed by atoms with Crippen LogP contribution in [-0.4, -0.2) is 28.5 Å². The molecule has 3 aromatic rings. The number of allylic oxidation sites excluding steroid dienone is 3. The average Bonchev–Trinajstić information content (AvgIpc) is 3.42. The number of rotatable bonds is 4. The van der Waals surface area contributed by atoms with Crippen molar-refractivity contribution in [2.24, 2.45) is 0 Å². The molecule has 1 unspecified atom stereocenters. The zero-order valence-corrected chi connectivity index (χ0v) is 20.5. The lowest BCUT2D eigenvalue weighted by Gasteiger charge is -2.39. The van der Waals surface area contributed by atoms with Gasteiger partial charge in [-0.1, -0.05) is 35.9 Å². The second-order valence-electron chi connectivity index (χ2n) is 9.37. The van der Waals surface area contributed by atoms with E-state index in [1.54, 1.807) is 7.11 Å². The summed E-state index contributed by atoms with van der Waals surface area (Å²) >= 11 is 5.95. The fourth-order valence-electron chi connectivity index (χ4n) is 5.25. The molecule has 1 saturated heterocycles. The predicted molar refractivity (Wildman–Crippen MR) is 130 cm³/mol. The number of likely N-dealkylation sites (tertiary alicyclic amines) is 1. The summed E-state index contributed by atoms with van der Waals surface area (Å²) in [4.78, 5) is 10.2. The molecule has 2 atom stereocenters. The maximum absolute atomic E-state index is 13.4. The molecule has 1 aliphatic carbocycles. The Morgan fingerprint density at radius 1 is 1.26 bits per heavy atom. The summed E-state index contributed by atoms with van der Waals surface area (Å²) in [6.07, 6.45) is 3.96. The van der Waals surface area contributed by atoms with Gasteiger partial charge in [-0.2, -0.15) is 13.2 Å². The number of fused-ring (bicyclic) bond motifs is 1. The summed E-state index contributed by atoms with van der Waals surface area (Å²) in [5.74, 6) is 1.50. The normalized spacial score (nSPS) is 22.9. The van der Waals surface area contributed by atoms with Gasteiger partial charge in [0.25, 0.3) is 0 Å². The highest BCUT2D eigenvalue weighted by molar-refractivity contribution is 6.32. The van der Waals surface area contributed by atoms with Gasteiger partial charge in [0.15, 0.2) is 0 Å². The number of para-hydroxylation sites is 1. The van der Waals surface area contributed by atoms with Crippen LogP contribution < -0.4 is 4.74 Å². The molecule has 2 aromatic carbocycles. The molecule has 183 valence electrons. The molecule has 0 amide bonds. The lowest BCUT2D eigenvalue weighted by molar-refractivity contribution is -0.137. The van der Waals surface area contributed by atoms with Gasteiger partial charge in [-0.3, -0.25) is 0 Å². The number of hydrogen-bond donors (Lipinski definition) is 1. The minimum atomic E-state index is -4.54. The summed E-state index contributed by atoms with van der Waals surface area (Å²) in [7, 11) is 1.67. The third kappa shape index (κ3) is 4.10. The molecule has 1 radical (unpaired) electrons. The van der Waals surface area contributed by atoms with Gasteiger partial charge in [-0.25, -0.2) is 4.98 Å². The van der Waals surface area contributed by atoms with E-state index in [1.807, 2.05) is 18.2 Å². The summed E-state index contributed by atoms with van der Waals surface area (Å²) in [5.41, 5.74) is 2.56. The smallest absolute Gasteiger partial charge is 0.417 e. The number of aromatic nitrogens is 2. The second kappa shape index (κ2) is 8.63. The average molecular weight is 501 g/mol. The van der Waals surface area contributed by atoms with Crippen LogP contribution in [0.25, 0.3) is 11.0 Å². The number of benzene rings is 2. The fourth-order valence-corrected chi connectivity index (χ4v) is 5.52. The van der Waals surface area contributed by atoms with E-state index < -0.39 is 17.3 Å². The second-order valence-corrected chi connectivity index (χ2v) is 9.78. The van der Waals surface area contributed by atoms with Gasteiger partial charge in [0.05, 0.1) is 34.3 Å². The number of nitrogens with one attached hydrogen (secondary N) is 1. The lowest BCUT2D eigenvalue weighted by Crippen LogP contribution is -2.40. The molecular formula is C27H26ClF3N3O. The van der Waals surface area contributed by atoms with Crippen LogP contribution in [0.15, 0.2) is 53.7 Å². The topological polar surface area (TPSA) is 41.1 Å². The Labute approximate surface area is 207 Å². The molecule has 35 heavy (non-hydrogen) atoms. The Morgan fingerprint density at radius 3 is 2.77 bits per heavy atom. The zero-order chi connectivity index (χ0) is 25.0. The van der Waals surface area contributed by atoms with E-state index in [0.29, 0.717) is 11.3 Å². The van der Waals surface area contributed by atoms with Crippen molar-refractivity contribution in [2.75, 3.05) is 13.7 Å². The molecule has 1 aliphatic heterocycles. The molecule has 8 heteroatoms. The summed E-state index contributed by atoms with van der Waals surface area (Å²) < 4.78 is 45.7. The van der Waals surface area contributed by atoms with Crippen molar-refractivity contribution in [3.63, 3.8) is 0 Å². The number of alkyl halides is 3. The summed E-state index contributed by atoms with van der Waals surface area (Å²) in [5, 5.41) is -0.338. The molecule has 0 spiro atoms. The lowest BCUT2D eigenvalue weighted by atomic mass is 9.86. The van der Waals surface area contributed by atoms with E-state index in [-0.39, 0.29) is 16.5 Å². The van der Waals surface area contributed by atoms with Crippen molar-refractivity contribution in [1.82, 2.24) is 14.9 Å². The monoisotopic (exact) mass is 500 g/mol. The van der Waals surface area contributed by atoms with Crippen molar-refractivity contribution in [2.45, 2.75) is 50.7 Å². The molecule has 2 aliphatic rings. The van der Waals surface area contributed by atoms with E-state index >= 15 is 0 Å². The molecule has 4 nitrogen and oxygen atoms in total. The van der Waals surface area contributed by atoms with Crippen LogP contribution in [0.4, 0.5) is 13.2 Å². The molecule has 0 saturated carbocycles. The number of ether oxygens (including phenoxy) is 1. The van der Waals surface area contributed by atoms with Crippen molar-refractivity contribution < 1.29 is 17.9 Å². The maximum atomic E-state index is 13.4. The first-order valence-electron chi connectivity index (χ1n) is 11.6. The van der Waals surface area contributed by atoms with E-state index in [0.717, 1.165) is 54.5 Å². The summed E-state index contributed by atoms with van der Waals surface area (Å²) in [6, 6.07) is 10.3. The van der Waals surface area contributed by atoms with Crippen molar-refractivity contribution in [3.05, 3.63) is 81.8 Å². The van der Waals surface area contributed by atoms with Gasteiger partial charge in [0.2, 0.25) is 0 Å². The summed E-state index contributed by atoms with van der Waals surface area (Å²) in [6.45, 7) is 4.96. The number of methoxy groups -OCH3 is 1. The van der Waals surface area contributed by atoms with Crippen molar-refractivity contribution in [3.8, 4) is 5.75 Å². The van der Waals surface area contributed by atoms with Crippen LogP contribution in [0.2, 0.25) is 5.02 Å². The number of halogens is 4. The highest BCUT2D eigenvalue weighted by Crippen LogP contribution is 2.45. The highest BCUT2D eigenvalue weighted by atomic mass is 35.5. The van der Waals surface area contributed by atoms with Gasteiger partial charge < -0.3 is 14.6 Å². The van der Waals surface area contributed by atoms with Crippen LogP contribution in [0.1, 0.15) is 56.0 Å². The van der Waals surface area contributed by atoms with Crippen LogP contribution in [0.3, 0.4) is 0 Å². The molecular weight excluding hydrogens is 475 g/mol. The van der Waals surface area contributed by atoms with E-state index in [2.05, 4.69) is 46.9 Å². The minimum Gasteiger partial charge on any atom is -0.496 e. The van der Waals surface area contributed by atoms with E-state index in [1.165, 1.54) is 6.07 Å². The van der Waals surface area contributed by atoms with Crippen LogP contribution in [-0.2, 0) is 11.7 Å². The zero-order valence-electron chi connectivity index (χ0n) is 19.8. The third-order valence-electron chi connectivity index (χ3n) is 7.16. The first-order chi connectivity index (χ1) is 16.6. The Kier molecular flexibility index (Phi) is 5.86. The minimum absolute atomic E-state index is 0.0403. The number of hydrogen-bond acceptors (Lipinski definition) is 3. The Bertz CT molecular complexity index is 1340. The van der Waals surface area contributed by atoms with E-state index in [9.17, 15) is 13.2 Å². The Balaban J connectivity index is 1.55. The Hall–Kier alpha value is -2.93. The number of H-pyrrole nitrogens is 1. The van der Waals surface area contributed by atoms with Crippen LogP contribution in [0, 0.1) is 6.08 Å². The standard InChI is InChI=1S/C27H26ClF3N3O/c1-16-9-10-17(18-7-4-5-8-24(18)35-3)13-23(16)34-12-6-11-26(34,2)25-32-21-14-19(27(29,30)31)20(28)15-22(21)33-25/h4-5,7-9,14-15,17H,6,10-12H2,1-3H3,(H,32,33)/t17?,26-/m0/s1. The quantitative estimate of drug-likeness (QED) is 0.406. The molecule has 5 rings (SSSR count). The largest absolute Gasteiger partial charge is 0.496 e. The number of aromatic amines is 1.